The topological polar surface area (TPSA) is 80.6 Å². The normalized spacial score (nSPS) is 14.8. The molecule has 33 heavy (non-hydrogen) atoms. The summed E-state index contributed by atoms with van der Waals surface area (Å²) in [5, 5.41) is 9.33. The zero-order chi connectivity index (χ0) is 23.2. The molecule has 0 aliphatic carbocycles. The molecule has 3 aromatic rings. The highest BCUT2D eigenvalue weighted by atomic mass is 35.5. The van der Waals surface area contributed by atoms with Crippen molar-refractivity contribution in [1.82, 2.24) is 0 Å². The van der Waals surface area contributed by atoms with Crippen LogP contribution in [0.15, 0.2) is 83.0 Å². The van der Waals surface area contributed by atoms with E-state index in [0.29, 0.717) is 38.5 Å². The number of hydrogen-bond donors (Lipinski definition) is 0. The largest absolute Gasteiger partial charge is 0.495 e. The average molecular weight is 480 g/mol. The number of rotatable bonds is 6. The number of para-hydroxylation sites is 3. The predicted molar refractivity (Wildman–Crippen MR) is 131 cm³/mol. The van der Waals surface area contributed by atoms with E-state index < -0.39 is 5.97 Å². The summed E-state index contributed by atoms with van der Waals surface area (Å²) in [6, 6.07) is 20.6. The van der Waals surface area contributed by atoms with Gasteiger partial charge in [-0.1, -0.05) is 47.6 Å². The quantitative estimate of drug-likeness (QED) is 0.214. The van der Waals surface area contributed by atoms with Gasteiger partial charge in [0.25, 0.3) is 0 Å². The zero-order valence-electron chi connectivity index (χ0n) is 17.5. The van der Waals surface area contributed by atoms with Crippen LogP contribution in [0.5, 0.6) is 11.5 Å². The number of benzene rings is 3. The molecule has 1 amide bonds. The fourth-order valence-corrected chi connectivity index (χ4v) is 3.99. The monoisotopic (exact) mass is 479 g/mol. The van der Waals surface area contributed by atoms with Gasteiger partial charge in [0.1, 0.15) is 11.5 Å². The fraction of sp³-hybridized carbons (Fsp3) is 0.0833. The second kappa shape index (κ2) is 10.3. The Morgan fingerprint density at radius 2 is 1.73 bits per heavy atom. The second-order valence-electron chi connectivity index (χ2n) is 6.75. The van der Waals surface area contributed by atoms with Gasteiger partial charge in [0.15, 0.2) is 5.17 Å². The van der Waals surface area contributed by atoms with Gasteiger partial charge in [0.2, 0.25) is 5.91 Å². The summed E-state index contributed by atoms with van der Waals surface area (Å²) >= 11 is 7.15. The van der Waals surface area contributed by atoms with E-state index >= 15 is 0 Å². The van der Waals surface area contributed by atoms with Crippen molar-refractivity contribution in [3.8, 4) is 11.5 Å². The van der Waals surface area contributed by atoms with Crippen molar-refractivity contribution in [3.05, 3.63) is 88.9 Å². The highest BCUT2D eigenvalue weighted by molar-refractivity contribution is 8.15. The Balaban J connectivity index is 1.55. The van der Waals surface area contributed by atoms with Crippen LogP contribution in [-0.2, 0) is 4.79 Å². The van der Waals surface area contributed by atoms with Crippen molar-refractivity contribution < 1.29 is 19.1 Å². The standard InChI is InChI=1S/C24H18ClN3O4S/c1-31-21-9-5-3-7-19(21)28-22(29)15-33-24(28)27-26-14-17-6-2-4-8-20(17)32-23(30)16-10-12-18(25)13-11-16/h2-14H,15H2,1H3. The highest BCUT2D eigenvalue weighted by Gasteiger charge is 2.31. The molecule has 1 aliphatic heterocycles. The lowest BCUT2D eigenvalue weighted by Gasteiger charge is -2.17. The van der Waals surface area contributed by atoms with E-state index in [1.807, 2.05) is 12.1 Å². The van der Waals surface area contributed by atoms with Gasteiger partial charge in [-0.05, 0) is 48.5 Å². The van der Waals surface area contributed by atoms with Gasteiger partial charge in [0, 0.05) is 10.6 Å². The van der Waals surface area contributed by atoms with Crippen LogP contribution in [0.25, 0.3) is 0 Å². The highest BCUT2D eigenvalue weighted by Crippen LogP contribution is 2.33. The van der Waals surface area contributed by atoms with Crippen molar-refractivity contribution in [2.75, 3.05) is 17.8 Å². The fourth-order valence-electron chi connectivity index (χ4n) is 3.05. The molecule has 1 saturated heterocycles. The summed E-state index contributed by atoms with van der Waals surface area (Å²) in [6.45, 7) is 0. The van der Waals surface area contributed by atoms with E-state index in [-0.39, 0.29) is 11.7 Å². The Kier molecular flexibility index (Phi) is 7.07. The minimum atomic E-state index is -0.516. The van der Waals surface area contributed by atoms with Gasteiger partial charge < -0.3 is 9.47 Å². The molecule has 1 heterocycles. The summed E-state index contributed by atoms with van der Waals surface area (Å²) in [5.74, 6) is 0.512. The van der Waals surface area contributed by atoms with Crippen molar-refractivity contribution in [1.29, 1.82) is 0 Å². The van der Waals surface area contributed by atoms with Crippen molar-refractivity contribution >= 4 is 52.3 Å². The van der Waals surface area contributed by atoms with Crippen LogP contribution < -0.4 is 14.4 Å². The number of carbonyl (C=O) groups is 2. The Labute approximate surface area is 199 Å². The molecule has 0 N–H and O–H groups in total. The third-order valence-corrected chi connectivity index (χ3v) is 5.80. The summed E-state index contributed by atoms with van der Waals surface area (Å²) < 4.78 is 10.9. The minimum absolute atomic E-state index is 0.115. The molecule has 166 valence electrons. The molecule has 0 unspecified atom stereocenters. The molecule has 9 heteroatoms. The molecule has 0 aromatic heterocycles. The van der Waals surface area contributed by atoms with Crippen LogP contribution in [0, 0.1) is 0 Å². The van der Waals surface area contributed by atoms with Crippen LogP contribution in [0.1, 0.15) is 15.9 Å². The number of carbonyl (C=O) groups excluding carboxylic acids is 2. The van der Waals surface area contributed by atoms with Crippen LogP contribution >= 0.6 is 23.4 Å². The number of methoxy groups -OCH3 is 1. The molecule has 0 atom stereocenters. The summed E-state index contributed by atoms with van der Waals surface area (Å²) in [7, 11) is 1.55. The Morgan fingerprint density at radius 3 is 2.48 bits per heavy atom. The second-order valence-corrected chi connectivity index (χ2v) is 8.13. The maximum absolute atomic E-state index is 12.5. The predicted octanol–water partition coefficient (Wildman–Crippen LogP) is 5.04. The zero-order valence-corrected chi connectivity index (χ0v) is 19.0. The van der Waals surface area contributed by atoms with Crippen LogP contribution in [0.4, 0.5) is 5.69 Å². The number of amides is 1. The molecular formula is C24H18ClN3O4S. The Morgan fingerprint density at radius 1 is 1.03 bits per heavy atom. The van der Waals surface area contributed by atoms with Crippen molar-refractivity contribution in [2.24, 2.45) is 10.2 Å². The number of nitrogens with zero attached hydrogens (tertiary/aromatic N) is 3. The van der Waals surface area contributed by atoms with E-state index in [4.69, 9.17) is 21.1 Å². The van der Waals surface area contributed by atoms with Gasteiger partial charge in [-0.15, -0.1) is 5.10 Å². The number of anilines is 1. The molecule has 1 fully saturated rings. The molecule has 0 bridgehead atoms. The van der Waals surface area contributed by atoms with Crippen LogP contribution in [-0.4, -0.2) is 36.1 Å². The SMILES string of the molecule is COc1ccccc1N1C(=O)CSC1=NN=Cc1ccccc1OC(=O)c1ccc(Cl)cc1. The van der Waals surface area contributed by atoms with E-state index in [0.717, 1.165) is 0 Å². The first-order chi connectivity index (χ1) is 16.1. The maximum Gasteiger partial charge on any atom is 0.343 e. The Hall–Kier alpha value is -3.62. The third-order valence-electron chi connectivity index (χ3n) is 4.63. The first kappa shape index (κ1) is 22.6. The molecule has 0 spiro atoms. The minimum Gasteiger partial charge on any atom is -0.495 e. The van der Waals surface area contributed by atoms with Gasteiger partial charge in [-0.2, -0.15) is 5.10 Å². The first-order valence-corrected chi connectivity index (χ1v) is 11.2. The number of hydrogen-bond acceptors (Lipinski definition) is 7. The molecule has 3 aromatic carbocycles. The number of halogens is 1. The molecule has 0 radical (unpaired) electrons. The van der Waals surface area contributed by atoms with Gasteiger partial charge in [-0.25, -0.2) is 4.79 Å². The molecule has 1 aliphatic rings. The molecule has 4 rings (SSSR count). The molecule has 0 saturated carbocycles. The lowest BCUT2D eigenvalue weighted by molar-refractivity contribution is -0.115. The number of esters is 1. The average Bonchev–Trinajstić information content (AvgIpc) is 3.20. The smallest absolute Gasteiger partial charge is 0.343 e. The molecule has 7 nitrogen and oxygen atoms in total. The van der Waals surface area contributed by atoms with Gasteiger partial charge in [0.05, 0.1) is 30.3 Å². The summed E-state index contributed by atoms with van der Waals surface area (Å²) in [5.41, 5.74) is 1.53. The lowest BCUT2D eigenvalue weighted by atomic mass is 10.2. The third kappa shape index (κ3) is 5.24. The summed E-state index contributed by atoms with van der Waals surface area (Å²) in [6.07, 6.45) is 1.47. The van der Waals surface area contributed by atoms with Crippen LogP contribution in [0.3, 0.4) is 0 Å². The van der Waals surface area contributed by atoms with E-state index in [1.54, 1.807) is 67.8 Å². The number of thioether (sulfide) groups is 1. The number of ether oxygens (including phenoxy) is 2. The summed E-state index contributed by atoms with van der Waals surface area (Å²) in [4.78, 5) is 26.4. The van der Waals surface area contributed by atoms with Gasteiger partial charge >= 0.3 is 5.97 Å². The Bertz CT molecular complexity index is 1240. The van der Waals surface area contributed by atoms with E-state index in [1.165, 1.54) is 22.9 Å². The first-order valence-electron chi connectivity index (χ1n) is 9.83. The lowest BCUT2D eigenvalue weighted by Crippen LogP contribution is -2.29. The number of amidine groups is 1. The van der Waals surface area contributed by atoms with Gasteiger partial charge in [-0.3, -0.25) is 9.69 Å². The molecular weight excluding hydrogens is 462 g/mol. The van der Waals surface area contributed by atoms with E-state index in [2.05, 4.69) is 10.2 Å². The van der Waals surface area contributed by atoms with E-state index in [9.17, 15) is 9.59 Å². The van der Waals surface area contributed by atoms with Crippen LogP contribution in [0.2, 0.25) is 5.02 Å². The maximum atomic E-state index is 12.5. The van der Waals surface area contributed by atoms with Crippen molar-refractivity contribution in [2.45, 2.75) is 0 Å². The van der Waals surface area contributed by atoms with Crippen molar-refractivity contribution in [3.63, 3.8) is 0 Å².